The van der Waals surface area contributed by atoms with Crippen LogP contribution in [-0.4, -0.2) is 36.5 Å². The molecule has 0 bridgehead atoms. The van der Waals surface area contributed by atoms with Crippen LogP contribution < -0.4 is 16.4 Å². The molecule has 1 atom stereocenters. The molecule has 0 rings (SSSR count). The van der Waals surface area contributed by atoms with Gasteiger partial charge >= 0.3 is 6.03 Å². The van der Waals surface area contributed by atoms with Gasteiger partial charge in [0.2, 0.25) is 5.91 Å². The fourth-order valence-corrected chi connectivity index (χ4v) is 1.57. The first kappa shape index (κ1) is 13.2. The largest absolute Gasteiger partial charge is 0.341 e. The van der Waals surface area contributed by atoms with E-state index >= 15 is 0 Å². The molecule has 0 saturated carbocycles. The molecule has 0 aliphatic rings. The predicted octanol–water partition coefficient (Wildman–Crippen LogP) is -0.0875. The maximum absolute atomic E-state index is 11.1. The number of nitrogens with one attached hydrogen (secondary N) is 2. The van der Waals surface area contributed by atoms with Gasteiger partial charge in [-0.25, -0.2) is 4.79 Å². The number of urea groups is 1. The fraction of sp³-hybridized carbons (Fsp3) is 0.750. The van der Waals surface area contributed by atoms with Gasteiger partial charge in [0.1, 0.15) is 0 Å². The zero-order valence-electron chi connectivity index (χ0n) is 8.50. The van der Waals surface area contributed by atoms with E-state index in [0.29, 0.717) is 11.8 Å². The third-order valence-electron chi connectivity index (χ3n) is 1.55. The van der Waals surface area contributed by atoms with Gasteiger partial charge in [0.15, 0.2) is 0 Å². The van der Waals surface area contributed by atoms with Crippen LogP contribution in [0.2, 0.25) is 0 Å². The molecule has 1 unspecified atom stereocenters. The fourth-order valence-electron chi connectivity index (χ4n) is 0.761. The van der Waals surface area contributed by atoms with Gasteiger partial charge < -0.3 is 11.1 Å². The third-order valence-corrected chi connectivity index (χ3v) is 2.79. The average Bonchev–Trinajstić information content (AvgIpc) is 2.15. The van der Waals surface area contributed by atoms with Crippen molar-refractivity contribution in [3.63, 3.8) is 0 Å². The first-order valence-electron chi connectivity index (χ1n) is 4.43. The normalized spacial score (nSPS) is 11.9. The Morgan fingerprint density at radius 1 is 1.50 bits per heavy atom. The second-order valence-electron chi connectivity index (χ2n) is 2.83. The average molecular weight is 219 g/mol. The van der Waals surface area contributed by atoms with Gasteiger partial charge in [0.25, 0.3) is 0 Å². The van der Waals surface area contributed by atoms with Crippen LogP contribution in [0.5, 0.6) is 0 Å². The van der Waals surface area contributed by atoms with Gasteiger partial charge in [-0.05, 0) is 13.0 Å². The number of hydrogen-bond donors (Lipinski definition) is 3. The van der Waals surface area contributed by atoms with Gasteiger partial charge in [0.05, 0.1) is 5.75 Å². The molecule has 14 heavy (non-hydrogen) atoms. The smallest absolute Gasteiger partial charge is 0.321 e. The lowest BCUT2D eigenvalue weighted by molar-refractivity contribution is -0.117. The Kier molecular flexibility index (Phi) is 7.23. The Labute approximate surface area is 88.2 Å². The minimum atomic E-state index is -0.470. The predicted molar refractivity (Wildman–Crippen MR) is 58.2 cm³/mol. The molecule has 0 spiro atoms. The monoisotopic (exact) mass is 219 g/mol. The Bertz CT molecular complexity index is 199. The van der Waals surface area contributed by atoms with Crippen LogP contribution in [0.1, 0.15) is 13.3 Å². The van der Waals surface area contributed by atoms with Crippen molar-refractivity contribution in [2.24, 2.45) is 5.73 Å². The molecule has 0 heterocycles. The van der Waals surface area contributed by atoms with Crippen molar-refractivity contribution in [2.45, 2.75) is 18.6 Å². The minimum Gasteiger partial charge on any atom is -0.341 e. The summed E-state index contributed by atoms with van der Waals surface area (Å²) in [4.78, 5) is 21.8. The number of carbonyl (C=O) groups excluding carboxylic acids is 2. The van der Waals surface area contributed by atoms with Crippen LogP contribution in [0, 0.1) is 0 Å². The van der Waals surface area contributed by atoms with Crippen molar-refractivity contribution in [2.75, 3.05) is 19.3 Å². The van der Waals surface area contributed by atoms with E-state index in [9.17, 15) is 9.59 Å². The summed E-state index contributed by atoms with van der Waals surface area (Å²) < 4.78 is 0. The third kappa shape index (κ3) is 6.73. The zero-order chi connectivity index (χ0) is 11.0. The SMILES string of the molecule is CNC(=O)NC(=O)CSC(C)CCN. The lowest BCUT2D eigenvalue weighted by Crippen LogP contribution is -2.38. The van der Waals surface area contributed by atoms with Crippen molar-refractivity contribution in [1.82, 2.24) is 10.6 Å². The number of imide groups is 1. The number of thioether (sulfide) groups is 1. The number of rotatable bonds is 5. The molecule has 82 valence electrons. The van der Waals surface area contributed by atoms with Gasteiger partial charge in [-0.2, -0.15) is 0 Å². The molecule has 0 aliphatic heterocycles. The van der Waals surface area contributed by atoms with E-state index in [4.69, 9.17) is 5.73 Å². The number of carbonyl (C=O) groups is 2. The van der Waals surface area contributed by atoms with Crippen LogP contribution in [0.3, 0.4) is 0 Å². The molecule has 0 fully saturated rings. The van der Waals surface area contributed by atoms with Crippen LogP contribution in [0.15, 0.2) is 0 Å². The lowest BCUT2D eigenvalue weighted by atomic mass is 10.3. The van der Waals surface area contributed by atoms with Crippen LogP contribution in [-0.2, 0) is 4.79 Å². The first-order valence-corrected chi connectivity index (χ1v) is 5.48. The molecule has 0 saturated heterocycles. The molecule has 3 amide bonds. The molecule has 0 aliphatic carbocycles. The molecular formula is C8H17N3O2S. The number of amides is 3. The molecule has 6 heteroatoms. The van der Waals surface area contributed by atoms with Gasteiger partial charge in [-0.3, -0.25) is 10.1 Å². The van der Waals surface area contributed by atoms with Crippen LogP contribution >= 0.6 is 11.8 Å². The van der Waals surface area contributed by atoms with Crippen molar-refractivity contribution in [3.05, 3.63) is 0 Å². The quantitative estimate of drug-likeness (QED) is 0.603. The van der Waals surface area contributed by atoms with E-state index in [-0.39, 0.29) is 11.7 Å². The van der Waals surface area contributed by atoms with E-state index in [2.05, 4.69) is 10.6 Å². The Morgan fingerprint density at radius 3 is 2.64 bits per heavy atom. The molecule has 0 aromatic heterocycles. The number of nitrogens with two attached hydrogens (primary N) is 1. The Morgan fingerprint density at radius 2 is 2.14 bits per heavy atom. The standard InChI is InChI=1S/C8H17N3O2S/c1-6(3-4-9)14-5-7(12)11-8(13)10-2/h6H,3-5,9H2,1-2H3,(H2,10,11,12,13). The van der Waals surface area contributed by atoms with E-state index in [0.717, 1.165) is 6.42 Å². The second kappa shape index (κ2) is 7.64. The highest BCUT2D eigenvalue weighted by Gasteiger charge is 2.08. The maximum Gasteiger partial charge on any atom is 0.321 e. The highest BCUT2D eigenvalue weighted by Crippen LogP contribution is 2.12. The summed E-state index contributed by atoms with van der Waals surface area (Å²) >= 11 is 1.49. The molecule has 0 aromatic carbocycles. The molecular weight excluding hydrogens is 202 g/mol. The van der Waals surface area contributed by atoms with E-state index < -0.39 is 6.03 Å². The first-order chi connectivity index (χ1) is 6.60. The summed E-state index contributed by atoms with van der Waals surface area (Å²) in [5, 5.41) is 4.84. The van der Waals surface area contributed by atoms with Gasteiger partial charge in [-0.1, -0.05) is 6.92 Å². The van der Waals surface area contributed by atoms with Crippen LogP contribution in [0.25, 0.3) is 0 Å². The zero-order valence-corrected chi connectivity index (χ0v) is 9.32. The summed E-state index contributed by atoms with van der Waals surface area (Å²) in [6.45, 7) is 2.62. The van der Waals surface area contributed by atoms with Crippen molar-refractivity contribution in [3.8, 4) is 0 Å². The summed E-state index contributed by atoms with van der Waals surface area (Å²) in [5.74, 6) is 0.00687. The van der Waals surface area contributed by atoms with Gasteiger partial charge in [-0.15, -0.1) is 11.8 Å². The van der Waals surface area contributed by atoms with Crippen molar-refractivity contribution < 1.29 is 9.59 Å². The highest BCUT2D eigenvalue weighted by atomic mass is 32.2. The molecule has 4 N–H and O–H groups in total. The highest BCUT2D eigenvalue weighted by molar-refractivity contribution is 8.00. The summed E-state index contributed by atoms with van der Waals surface area (Å²) in [6, 6.07) is -0.470. The van der Waals surface area contributed by atoms with Crippen LogP contribution in [0.4, 0.5) is 4.79 Å². The summed E-state index contributed by atoms with van der Waals surface area (Å²) in [7, 11) is 1.47. The van der Waals surface area contributed by atoms with Gasteiger partial charge in [0, 0.05) is 12.3 Å². The minimum absolute atomic E-state index is 0.279. The lowest BCUT2D eigenvalue weighted by Gasteiger charge is -2.08. The molecule has 0 aromatic rings. The molecule has 5 nitrogen and oxygen atoms in total. The number of hydrogen-bond acceptors (Lipinski definition) is 4. The van der Waals surface area contributed by atoms with E-state index in [1.54, 1.807) is 0 Å². The molecule has 0 radical (unpaired) electrons. The summed E-state index contributed by atoms with van der Waals surface area (Å²) in [6.07, 6.45) is 0.873. The Hall–Kier alpha value is -0.750. The maximum atomic E-state index is 11.1. The topological polar surface area (TPSA) is 84.2 Å². The van der Waals surface area contributed by atoms with Crippen molar-refractivity contribution in [1.29, 1.82) is 0 Å². The van der Waals surface area contributed by atoms with E-state index in [1.807, 2.05) is 6.92 Å². The van der Waals surface area contributed by atoms with Crippen molar-refractivity contribution >= 4 is 23.7 Å². The Balaban J connectivity index is 3.58. The summed E-state index contributed by atoms with van der Waals surface area (Å²) in [5.41, 5.74) is 5.36. The second-order valence-corrected chi connectivity index (χ2v) is 4.25. The van der Waals surface area contributed by atoms with E-state index in [1.165, 1.54) is 18.8 Å².